The van der Waals surface area contributed by atoms with E-state index in [0.717, 1.165) is 5.56 Å². The van der Waals surface area contributed by atoms with Crippen molar-refractivity contribution in [2.24, 2.45) is 0 Å². The van der Waals surface area contributed by atoms with Crippen LogP contribution in [-0.2, 0) is 4.74 Å². The lowest BCUT2D eigenvalue weighted by Crippen LogP contribution is -2.30. The van der Waals surface area contributed by atoms with Gasteiger partial charge in [0.1, 0.15) is 6.61 Å². The minimum atomic E-state index is -0.432. The van der Waals surface area contributed by atoms with E-state index in [4.69, 9.17) is 4.74 Å². The summed E-state index contributed by atoms with van der Waals surface area (Å²) in [5.41, 5.74) is 5.82. The summed E-state index contributed by atoms with van der Waals surface area (Å²) < 4.78 is 5.66. The van der Waals surface area contributed by atoms with Crippen molar-refractivity contribution < 1.29 is 14.6 Å². The van der Waals surface area contributed by atoms with Crippen LogP contribution in [0.4, 0.5) is 4.79 Å². The maximum Gasteiger partial charge on any atom is 0.407 e. The van der Waals surface area contributed by atoms with E-state index in [2.05, 4.69) is 29.6 Å². The zero-order valence-electron chi connectivity index (χ0n) is 16.3. The second-order valence-electron chi connectivity index (χ2n) is 7.30. The number of benzene rings is 3. The fourth-order valence-electron chi connectivity index (χ4n) is 4.09. The summed E-state index contributed by atoms with van der Waals surface area (Å²) in [6.07, 6.45) is 0.840. The molecule has 0 saturated heterocycles. The van der Waals surface area contributed by atoms with Crippen LogP contribution in [-0.4, -0.2) is 24.4 Å². The third kappa shape index (κ3) is 4.17. The Balaban J connectivity index is 1.45. The molecule has 0 radical (unpaired) electrons. The second-order valence-corrected chi connectivity index (χ2v) is 7.30. The molecule has 0 bridgehead atoms. The van der Waals surface area contributed by atoms with E-state index in [1.807, 2.05) is 54.6 Å². The summed E-state index contributed by atoms with van der Waals surface area (Å²) in [5, 5.41) is 12.2. The summed E-state index contributed by atoms with van der Waals surface area (Å²) in [6, 6.07) is 26.2. The zero-order chi connectivity index (χ0) is 20.1. The predicted octanol–water partition coefficient (Wildman–Crippen LogP) is 5.04. The highest BCUT2D eigenvalue weighted by Gasteiger charge is 2.29. The SMILES string of the molecule is O=C(NC(CCCO)c1ccccc1)OCC1c2ccccc2-c2ccccc21. The first kappa shape index (κ1) is 19.2. The van der Waals surface area contributed by atoms with Gasteiger partial charge in [-0.3, -0.25) is 0 Å². The van der Waals surface area contributed by atoms with E-state index in [9.17, 15) is 9.90 Å². The fourth-order valence-corrected chi connectivity index (χ4v) is 4.09. The Morgan fingerprint density at radius 1 is 0.897 bits per heavy atom. The molecule has 148 valence electrons. The summed E-state index contributed by atoms with van der Waals surface area (Å²) in [5.74, 6) is 0.0424. The molecule has 3 aromatic rings. The number of nitrogens with one attached hydrogen (secondary N) is 1. The molecule has 0 aliphatic heterocycles. The van der Waals surface area contributed by atoms with Crippen LogP contribution in [0.1, 0.15) is 41.5 Å². The number of rotatable bonds is 7. The standard InChI is InChI=1S/C25H25NO3/c27-16-8-15-24(18-9-2-1-3-10-18)26-25(28)29-17-23-21-13-6-4-11-19(21)20-12-5-7-14-22(20)23/h1-7,9-14,23-24,27H,8,15-17H2,(H,26,28). The van der Waals surface area contributed by atoms with Crippen LogP contribution < -0.4 is 5.32 Å². The molecule has 4 rings (SSSR count). The largest absolute Gasteiger partial charge is 0.449 e. The lowest BCUT2D eigenvalue weighted by molar-refractivity contribution is 0.137. The van der Waals surface area contributed by atoms with Gasteiger partial charge in [0.15, 0.2) is 0 Å². The maximum atomic E-state index is 12.6. The van der Waals surface area contributed by atoms with Gasteiger partial charge in [-0.2, -0.15) is 0 Å². The first-order valence-electron chi connectivity index (χ1n) is 10.0. The third-order valence-electron chi connectivity index (χ3n) is 5.49. The summed E-state index contributed by atoms with van der Waals surface area (Å²) >= 11 is 0. The number of amides is 1. The Hall–Kier alpha value is -3.11. The molecule has 1 atom stereocenters. The lowest BCUT2D eigenvalue weighted by Gasteiger charge is -2.20. The van der Waals surface area contributed by atoms with Gasteiger partial charge in [0.2, 0.25) is 0 Å². The molecule has 4 nitrogen and oxygen atoms in total. The van der Waals surface area contributed by atoms with Crippen molar-refractivity contribution in [2.75, 3.05) is 13.2 Å². The number of aliphatic hydroxyl groups excluding tert-OH is 1. The van der Waals surface area contributed by atoms with Gasteiger partial charge in [0, 0.05) is 12.5 Å². The molecule has 0 aromatic heterocycles. The predicted molar refractivity (Wildman–Crippen MR) is 114 cm³/mol. The highest BCUT2D eigenvalue weighted by Crippen LogP contribution is 2.44. The molecule has 3 aromatic carbocycles. The molecule has 0 heterocycles. The highest BCUT2D eigenvalue weighted by atomic mass is 16.5. The molecule has 29 heavy (non-hydrogen) atoms. The van der Waals surface area contributed by atoms with Gasteiger partial charge < -0.3 is 15.2 Å². The van der Waals surface area contributed by atoms with Crippen molar-refractivity contribution in [3.63, 3.8) is 0 Å². The minimum absolute atomic E-state index is 0.0424. The van der Waals surface area contributed by atoms with Crippen molar-refractivity contribution in [2.45, 2.75) is 24.8 Å². The highest BCUT2D eigenvalue weighted by molar-refractivity contribution is 5.79. The van der Waals surface area contributed by atoms with Gasteiger partial charge in [-0.1, -0.05) is 78.9 Å². The summed E-state index contributed by atoms with van der Waals surface area (Å²) in [7, 11) is 0. The third-order valence-corrected chi connectivity index (χ3v) is 5.49. The van der Waals surface area contributed by atoms with Gasteiger partial charge in [-0.15, -0.1) is 0 Å². The maximum absolute atomic E-state index is 12.6. The van der Waals surface area contributed by atoms with Crippen LogP contribution in [0.3, 0.4) is 0 Å². The van der Waals surface area contributed by atoms with Crippen LogP contribution >= 0.6 is 0 Å². The van der Waals surface area contributed by atoms with E-state index >= 15 is 0 Å². The van der Waals surface area contributed by atoms with Gasteiger partial charge in [0.05, 0.1) is 6.04 Å². The number of ether oxygens (including phenoxy) is 1. The molecule has 1 aliphatic rings. The molecule has 1 aliphatic carbocycles. The van der Waals surface area contributed by atoms with E-state index < -0.39 is 6.09 Å². The van der Waals surface area contributed by atoms with Crippen LogP contribution in [0.2, 0.25) is 0 Å². The number of aliphatic hydroxyl groups is 1. The zero-order valence-corrected chi connectivity index (χ0v) is 16.3. The Bertz CT molecular complexity index is 925. The normalized spacial score (nSPS) is 13.4. The molecule has 0 saturated carbocycles. The average Bonchev–Trinajstić information content (AvgIpc) is 3.09. The topological polar surface area (TPSA) is 58.6 Å². The Kier molecular flexibility index (Phi) is 5.92. The smallest absolute Gasteiger partial charge is 0.407 e. The first-order chi connectivity index (χ1) is 14.3. The number of hydrogen-bond acceptors (Lipinski definition) is 3. The average molecular weight is 387 g/mol. The van der Waals surface area contributed by atoms with Gasteiger partial charge in [0.25, 0.3) is 0 Å². The van der Waals surface area contributed by atoms with Crippen molar-refractivity contribution >= 4 is 6.09 Å². The number of alkyl carbamates (subject to hydrolysis) is 1. The van der Waals surface area contributed by atoms with Gasteiger partial charge in [-0.05, 0) is 40.7 Å². The number of hydrogen-bond donors (Lipinski definition) is 2. The van der Waals surface area contributed by atoms with E-state index in [1.54, 1.807) is 0 Å². The second kappa shape index (κ2) is 8.93. The molecule has 0 fully saturated rings. The molecule has 2 N–H and O–H groups in total. The van der Waals surface area contributed by atoms with Gasteiger partial charge >= 0.3 is 6.09 Å². The quantitative estimate of drug-likeness (QED) is 0.597. The number of fused-ring (bicyclic) bond motifs is 3. The number of carbonyl (C=O) groups excluding carboxylic acids is 1. The van der Waals surface area contributed by atoms with Crippen molar-refractivity contribution in [1.29, 1.82) is 0 Å². The first-order valence-corrected chi connectivity index (χ1v) is 10.0. The monoisotopic (exact) mass is 387 g/mol. The Morgan fingerprint density at radius 3 is 2.10 bits per heavy atom. The van der Waals surface area contributed by atoms with Crippen LogP contribution in [0.5, 0.6) is 0 Å². The van der Waals surface area contributed by atoms with Crippen LogP contribution in [0.25, 0.3) is 11.1 Å². The van der Waals surface area contributed by atoms with E-state index in [-0.39, 0.29) is 18.6 Å². The fraction of sp³-hybridized carbons (Fsp3) is 0.240. The summed E-state index contributed by atoms with van der Waals surface area (Å²) in [4.78, 5) is 12.6. The Morgan fingerprint density at radius 2 is 1.48 bits per heavy atom. The van der Waals surface area contributed by atoms with E-state index in [1.165, 1.54) is 22.3 Å². The minimum Gasteiger partial charge on any atom is -0.449 e. The Labute approximate surface area is 171 Å². The van der Waals surface area contributed by atoms with Gasteiger partial charge in [-0.25, -0.2) is 4.79 Å². The molecule has 1 amide bonds. The van der Waals surface area contributed by atoms with Crippen LogP contribution in [0, 0.1) is 0 Å². The molecule has 0 spiro atoms. The van der Waals surface area contributed by atoms with Crippen LogP contribution in [0.15, 0.2) is 78.9 Å². The van der Waals surface area contributed by atoms with Crippen molar-refractivity contribution in [3.8, 4) is 11.1 Å². The van der Waals surface area contributed by atoms with Crippen molar-refractivity contribution in [3.05, 3.63) is 95.6 Å². The molecular weight excluding hydrogens is 362 g/mol. The van der Waals surface area contributed by atoms with E-state index in [0.29, 0.717) is 19.4 Å². The molecule has 1 unspecified atom stereocenters. The lowest BCUT2D eigenvalue weighted by atomic mass is 9.98. The number of carbonyl (C=O) groups is 1. The summed E-state index contributed by atoms with van der Waals surface area (Å²) in [6.45, 7) is 0.386. The van der Waals surface area contributed by atoms with Crippen molar-refractivity contribution in [1.82, 2.24) is 5.32 Å². The molecular formula is C25H25NO3. The molecule has 4 heteroatoms.